The summed E-state index contributed by atoms with van der Waals surface area (Å²) in [7, 11) is 0. The summed E-state index contributed by atoms with van der Waals surface area (Å²) in [5.41, 5.74) is 2.02. The Balaban J connectivity index is 2.61. The summed E-state index contributed by atoms with van der Waals surface area (Å²) in [6.07, 6.45) is 2.08. The van der Waals surface area contributed by atoms with Crippen LogP contribution in [0.5, 0.6) is 0 Å². The van der Waals surface area contributed by atoms with Crippen LogP contribution in [-0.4, -0.2) is 21.6 Å². The van der Waals surface area contributed by atoms with E-state index >= 15 is 0 Å². The number of benzene rings is 1. The third kappa shape index (κ3) is 2.07. The number of rotatable bonds is 3. The highest BCUT2D eigenvalue weighted by atomic mass is 35.5. The maximum Gasteiger partial charge on any atom is 0.178 e. The average molecular weight is 259 g/mol. The molecule has 0 radical (unpaired) electrons. The van der Waals surface area contributed by atoms with E-state index in [-0.39, 0.29) is 0 Å². The summed E-state index contributed by atoms with van der Waals surface area (Å²) in [5.74, 6) is 1.03. The van der Waals surface area contributed by atoms with E-state index in [9.17, 15) is 0 Å². The van der Waals surface area contributed by atoms with Gasteiger partial charge in [0.25, 0.3) is 0 Å². The molecule has 0 spiro atoms. The van der Waals surface area contributed by atoms with E-state index in [4.69, 9.17) is 23.8 Å². The quantitative estimate of drug-likeness (QED) is 0.847. The van der Waals surface area contributed by atoms with E-state index in [1.165, 1.54) is 0 Å². The minimum atomic E-state index is 0.743. The first-order valence-electron chi connectivity index (χ1n) is 4.60. The molecule has 0 amide bonds. The largest absolute Gasteiger partial charge is 0.331 e. The third-order valence-electron chi connectivity index (χ3n) is 2.26. The van der Waals surface area contributed by atoms with Gasteiger partial charge in [0.1, 0.15) is 0 Å². The molecule has 5 heteroatoms. The SMILES string of the molecule is CSCCn1c(=S)[nH]c2cccc(Cl)c21. The van der Waals surface area contributed by atoms with Gasteiger partial charge in [-0.25, -0.2) is 0 Å². The smallest absolute Gasteiger partial charge is 0.178 e. The highest BCUT2D eigenvalue weighted by Gasteiger charge is 2.06. The molecule has 0 bridgehead atoms. The van der Waals surface area contributed by atoms with Crippen molar-refractivity contribution in [3.8, 4) is 0 Å². The predicted molar refractivity (Wildman–Crippen MR) is 70.5 cm³/mol. The molecule has 80 valence electrons. The zero-order valence-corrected chi connectivity index (χ0v) is 10.7. The molecule has 1 heterocycles. The molecule has 15 heavy (non-hydrogen) atoms. The number of aromatic nitrogens is 2. The standard InChI is InChI=1S/C10H11ClN2S2/c1-15-6-5-13-9-7(11)3-2-4-8(9)12-10(13)14/h2-4H,5-6H2,1H3,(H,12,14). The van der Waals surface area contributed by atoms with Gasteiger partial charge in [0.2, 0.25) is 0 Å². The molecule has 2 aromatic rings. The van der Waals surface area contributed by atoms with Gasteiger partial charge in [-0.05, 0) is 30.6 Å². The molecule has 0 saturated heterocycles. The number of aromatic amines is 1. The van der Waals surface area contributed by atoms with Crippen molar-refractivity contribution in [1.82, 2.24) is 9.55 Å². The van der Waals surface area contributed by atoms with Gasteiger partial charge in [-0.15, -0.1) is 0 Å². The number of aryl methyl sites for hydroxylation is 1. The third-order valence-corrected chi connectivity index (χ3v) is 3.48. The van der Waals surface area contributed by atoms with E-state index in [0.29, 0.717) is 0 Å². The summed E-state index contributed by atoms with van der Waals surface area (Å²) >= 11 is 13.2. The van der Waals surface area contributed by atoms with Crippen molar-refractivity contribution in [3.05, 3.63) is 28.0 Å². The molecule has 0 aliphatic heterocycles. The maximum absolute atomic E-state index is 6.16. The normalized spacial score (nSPS) is 11.1. The van der Waals surface area contributed by atoms with Crippen molar-refractivity contribution in [2.45, 2.75) is 6.54 Å². The van der Waals surface area contributed by atoms with E-state index in [2.05, 4.69) is 15.8 Å². The molecule has 0 aliphatic rings. The van der Waals surface area contributed by atoms with Crippen LogP contribution >= 0.6 is 35.6 Å². The van der Waals surface area contributed by atoms with Crippen LogP contribution in [0.3, 0.4) is 0 Å². The molecule has 0 atom stereocenters. The van der Waals surface area contributed by atoms with Crippen molar-refractivity contribution in [1.29, 1.82) is 0 Å². The monoisotopic (exact) mass is 258 g/mol. The van der Waals surface area contributed by atoms with Crippen LogP contribution in [0, 0.1) is 4.77 Å². The Morgan fingerprint density at radius 3 is 3.07 bits per heavy atom. The second-order valence-corrected chi connectivity index (χ2v) is 4.99. The second-order valence-electron chi connectivity index (χ2n) is 3.21. The highest BCUT2D eigenvalue weighted by Crippen LogP contribution is 2.23. The van der Waals surface area contributed by atoms with Gasteiger partial charge in [-0.2, -0.15) is 11.8 Å². The fourth-order valence-electron chi connectivity index (χ4n) is 1.57. The molecule has 0 saturated carbocycles. The van der Waals surface area contributed by atoms with Crippen LogP contribution in [0.4, 0.5) is 0 Å². The Morgan fingerprint density at radius 2 is 2.33 bits per heavy atom. The molecule has 2 rings (SSSR count). The number of nitrogens with zero attached hydrogens (tertiary/aromatic N) is 1. The Bertz CT molecular complexity index is 530. The zero-order chi connectivity index (χ0) is 10.8. The molecule has 1 N–H and O–H groups in total. The number of H-pyrrole nitrogens is 1. The van der Waals surface area contributed by atoms with Crippen LogP contribution in [0.2, 0.25) is 5.02 Å². The summed E-state index contributed by atoms with van der Waals surface area (Å²) in [6.45, 7) is 0.893. The number of fused-ring (bicyclic) bond motifs is 1. The van der Waals surface area contributed by atoms with Gasteiger partial charge in [0.15, 0.2) is 4.77 Å². The summed E-state index contributed by atoms with van der Waals surface area (Å²) in [4.78, 5) is 3.16. The fourth-order valence-corrected chi connectivity index (χ4v) is 2.50. The van der Waals surface area contributed by atoms with Gasteiger partial charge in [0, 0.05) is 12.3 Å². The topological polar surface area (TPSA) is 20.7 Å². The minimum absolute atomic E-state index is 0.743. The molecule has 1 aromatic carbocycles. The molecule has 0 aliphatic carbocycles. The molecule has 0 fully saturated rings. The second kappa shape index (κ2) is 4.60. The Kier molecular flexibility index (Phi) is 3.38. The van der Waals surface area contributed by atoms with Gasteiger partial charge < -0.3 is 9.55 Å². The summed E-state index contributed by atoms with van der Waals surface area (Å²) < 4.78 is 2.80. The first-order chi connectivity index (χ1) is 7.24. The number of imidazole rings is 1. The molecular weight excluding hydrogens is 248 g/mol. The average Bonchev–Trinajstić information content (AvgIpc) is 2.53. The molecular formula is C10H11ClN2S2. The molecule has 2 nitrogen and oxygen atoms in total. The van der Waals surface area contributed by atoms with E-state index in [1.54, 1.807) is 11.8 Å². The lowest BCUT2D eigenvalue weighted by molar-refractivity contribution is 0.784. The first-order valence-corrected chi connectivity index (χ1v) is 6.78. The summed E-state index contributed by atoms with van der Waals surface area (Å²) in [6, 6.07) is 5.81. The van der Waals surface area contributed by atoms with Crippen molar-refractivity contribution in [3.63, 3.8) is 0 Å². The van der Waals surface area contributed by atoms with Crippen LogP contribution in [-0.2, 0) is 6.54 Å². The van der Waals surface area contributed by atoms with Gasteiger partial charge in [-0.1, -0.05) is 17.7 Å². The van der Waals surface area contributed by atoms with Crippen molar-refractivity contribution < 1.29 is 0 Å². The molecule has 0 unspecified atom stereocenters. The Morgan fingerprint density at radius 1 is 1.53 bits per heavy atom. The summed E-state index contributed by atoms with van der Waals surface area (Å²) in [5, 5.41) is 0.751. The van der Waals surface area contributed by atoms with Crippen molar-refractivity contribution in [2.75, 3.05) is 12.0 Å². The lowest BCUT2D eigenvalue weighted by Gasteiger charge is -2.03. The fraction of sp³-hybridized carbons (Fsp3) is 0.300. The van der Waals surface area contributed by atoms with E-state index < -0.39 is 0 Å². The zero-order valence-electron chi connectivity index (χ0n) is 8.29. The lowest BCUT2D eigenvalue weighted by atomic mass is 10.3. The number of hydrogen-bond donors (Lipinski definition) is 1. The first kappa shape index (κ1) is 11.0. The number of hydrogen-bond acceptors (Lipinski definition) is 2. The van der Waals surface area contributed by atoms with Gasteiger partial charge in [0.05, 0.1) is 16.1 Å². The number of halogens is 1. The van der Waals surface area contributed by atoms with Crippen LogP contribution < -0.4 is 0 Å². The van der Waals surface area contributed by atoms with Gasteiger partial charge in [-0.3, -0.25) is 0 Å². The van der Waals surface area contributed by atoms with E-state index in [1.807, 2.05) is 18.2 Å². The number of nitrogens with one attached hydrogen (secondary N) is 1. The minimum Gasteiger partial charge on any atom is -0.331 e. The van der Waals surface area contributed by atoms with Crippen LogP contribution in [0.1, 0.15) is 0 Å². The highest BCUT2D eigenvalue weighted by molar-refractivity contribution is 7.98. The van der Waals surface area contributed by atoms with Crippen molar-refractivity contribution in [2.24, 2.45) is 0 Å². The molecule has 1 aromatic heterocycles. The lowest BCUT2D eigenvalue weighted by Crippen LogP contribution is -2.00. The maximum atomic E-state index is 6.16. The number of thioether (sulfide) groups is 1. The van der Waals surface area contributed by atoms with Crippen molar-refractivity contribution >= 4 is 46.6 Å². The van der Waals surface area contributed by atoms with E-state index in [0.717, 1.165) is 33.1 Å². The Labute approximate surface area is 103 Å². The van der Waals surface area contributed by atoms with Crippen LogP contribution in [0.25, 0.3) is 11.0 Å². The van der Waals surface area contributed by atoms with Gasteiger partial charge >= 0.3 is 0 Å². The predicted octanol–water partition coefficient (Wildman–Crippen LogP) is 3.72. The number of para-hydroxylation sites is 1. The van der Waals surface area contributed by atoms with Crippen LogP contribution in [0.15, 0.2) is 18.2 Å². The Hall–Kier alpha value is -0.450.